The van der Waals surface area contributed by atoms with E-state index in [1.54, 1.807) is 0 Å². The van der Waals surface area contributed by atoms with Gasteiger partial charge < -0.3 is 4.74 Å². The van der Waals surface area contributed by atoms with Gasteiger partial charge in [-0.25, -0.2) is 10.3 Å². The largest absolute Gasteiger partial charge is 0.356 e. The first-order chi connectivity index (χ1) is 8.95. The molecular formula is C9H9N3O7. The van der Waals surface area contributed by atoms with Crippen LogP contribution in [0.25, 0.3) is 0 Å². The van der Waals surface area contributed by atoms with Gasteiger partial charge in [0.25, 0.3) is 17.3 Å². The summed E-state index contributed by atoms with van der Waals surface area (Å²) in [4.78, 5) is 35.6. The Balaban J connectivity index is 3.02. The number of carbonyl (C=O) groups excluding carboxylic acids is 1. The standard InChI is InChI=1S/C9H9N3O7/c1-18-5-19-10-9(13)6-2-7(11(14)15)4-8(3-6)12(16)17/h2-4H,5H2,1H3,(H,10,13). The molecule has 0 aliphatic heterocycles. The van der Waals surface area contributed by atoms with Gasteiger partial charge in [0.1, 0.15) is 0 Å². The number of hydrogen-bond acceptors (Lipinski definition) is 7. The quantitative estimate of drug-likeness (QED) is 0.349. The first-order valence-electron chi connectivity index (χ1n) is 4.80. The highest BCUT2D eigenvalue weighted by molar-refractivity contribution is 5.94. The van der Waals surface area contributed by atoms with Gasteiger partial charge in [-0.1, -0.05) is 0 Å². The molecule has 1 aromatic carbocycles. The van der Waals surface area contributed by atoms with Crippen LogP contribution in [0.1, 0.15) is 10.4 Å². The molecule has 19 heavy (non-hydrogen) atoms. The predicted octanol–water partition coefficient (Wildman–Crippen LogP) is 0.768. The van der Waals surface area contributed by atoms with Crippen molar-refractivity contribution in [3.8, 4) is 0 Å². The molecule has 0 heterocycles. The monoisotopic (exact) mass is 271 g/mol. The van der Waals surface area contributed by atoms with E-state index in [2.05, 4.69) is 9.57 Å². The summed E-state index contributed by atoms with van der Waals surface area (Å²) in [6, 6.07) is 2.56. The van der Waals surface area contributed by atoms with E-state index in [1.807, 2.05) is 5.48 Å². The lowest BCUT2D eigenvalue weighted by Crippen LogP contribution is -2.24. The van der Waals surface area contributed by atoms with Gasteiger partial charge in [-0.05, 0) is 0 Å². The van der Waals surface area contributed by atoms with Gasteiger partial charge in [0.15, 0.2) is 6.79 Å². The Morgan fingerprint density at radius 1 is 1.21 bits per heavy atom. The second-order valence-electron chi connectivity index (χ2n) is 3.23. The maximum absolute atomic E-state index is 11.5. The summed E-state index contributed by atoms with van der Waals surface area (Å²) in [5, 5.41) is 21.2. The summed E-state index contributed by atoms with van der Waals surface area (Å²) in [6.07, 6.45) is 0. The SMILES string of the molecule is COCONC(=O)c1cc([N+](=O)[O-])cc([N+](=O)[O-])c1. The van der Waals surface area contributed by atoms with E-state index < -0.39 is 27.1 Å². The molecule has 0 unspecified atom stereocenters. The second kappa shape index (κ2) is 6.37. The summed E-state index contributed by atoms with van der Waals surface area (Å²) < 4.78 is 4.50. The van der Waals surface area contributed by atoms with E-state index in [0.29, 0.717) is 0 Å². The normalized spacial score (nSPS) is 9.95. The fraction of sp³-hybridized carbons (Fsp3) is 0.222. The molecule has 1 rings (SSSR count). The lowest BCUT2D eigenvalue weighted by Gasteiger charge is -2.04. The number of nitrogens with zero attached hydrogens (tertiary/aromatic N) is 2. The Hall–Kier alpha value is -2.59. The number of rotatable bonds is 6. The van der Waals surface area contributed by atoms with Gasteiger partial charge in [0.05, 0.1) is 21.5 Å². The third kappa shape index (κ3) is 3.97. The van der Waals surface area contributed by atoms with Crippen LogP contribution in [0.3, 0.4) is 0 Å². The van der Waals surface area contributed by atoms with Crippen molar-refractivity contribution in [1.82, 2.24) is 5.48 Å². The highest BCUT2D eigenvalue weighted by atomic mass is 16.8. The van der Waals surface area contributed by atoms with Crippen molar-refractivity contribution in [1.29, 1.82) is 0 Å². The van der Waals surface area contributed by atoms with Gasteiger partial charge in [-0.3, -0.25) is 25.0 Å². The number of nitrogens with one attached hydrogen (secondary N) is 1. The highest BCUT2D eigenvalue weighted by Gasteiger charge is 2.19. The van der Waals surface area contributed by atoms with Crippen LogP contribution in [0.5, 0.6) is 0 Å². The average Bonchev–Trinajstić information content (AvgIpc) is 2.38. The van der Waals surface area contributed by atoms with E-state index in [1.165, 1.54) is 7.11 Å². The second-order valence-corrected chi connectivity index (χ2v) is 3.23. The molecule has 0 aromatic heterocycles. The van der Waals surface area contributed by atoms with Crippen LogP contribution >= 0.6 is 0 Å². The molecule has 1 aromatic rings. The van der Waals surface area contributed by atoms with E-state index in [-0.39, 0.29) is 12.4 Å². The number of amides is 1. The Kier molecular flexibility index (Phi) is 4.85. The van der Waals surface area contributed by atoms with Gasteiger partial charge in [0.2, 0.25) is 0 Å². The van der Waals surface area contributed by atoms with Gasteiger partial charge in [0, 0.05) is 19.2 Å². The Morgan fingerprint density at radius 2 is 1.74 bits per heavy atom. The van der Waals surface area contributed by atoms with Crippen molar-refractivity contribution in [2.24, 2.45) is 0 Å². The number of methoxy groups -OCH3 is 1. The van der Waals surface area contributed by atoms with Crippen LogP contribution in [0, 0.1) is 20.2 Å². The molecule has 0 aliphatic rings. The van der Waals surface area contributed by atoms with Crippen molar-refractivity contribution >= 4 is 17.3 Å². The number of hydroxylamine groups is 1. The van der Waals surface area contributed by atoms with Crippen molar-refractivity contribution in [3.05, 3.63) is 44.0 Å². The first kappa shape index (κ1) is 14.5. The number of ether oxygens (including phenoxy) is 1. The lowest BCUT2D eigenvalue weighted by atomic mass is 10.1. The molecule has 10 nitrogen and oxygen atoms in total. The molecule has 0 spiro atoms. The van der Waals surface area contributed by atoms with Crippen molar-refractivity contribution in [2.75, 3.05) is 13.9 Å². The Morgan fingerprint density at radius 3 is 2.16 bits per heavy atom. The van der Waals surface area contributed by atoms with E-state index in [4.69, 9.17) is 0 Å². The lowest BCUT2D eigenvalue weighted by molar-refractivity contribution is -0.394. The molecule has 0 bridgehead atoms. The first-order valence-corrected chi connectivity index (χ1v) is 4.80. The van der Waals surface area contributed by atoms with Gasteiger partial charge in [-0.15, -0.1) is 0 Å². The zero-order valence-corrected chi connectivity index (χ0v) is 9.69. The summed E-state index contributed by atoms with van der Waals surface area (Å²) in [6.45, 7) is -0.233. The minimum Gasteiger partial charge on any atom is -0.356 e. The van der Waals surface area contributed by atoms with Crippen molar-refractivity contribution < 1.29 is 24.2 Å². The van der Waals surface area contributed by atoms with Gasteiger partial charge in [-0.2, -0.15) is 0 Å². The summed E-state index contributed by atoms with van der Waals surface area (Å²) in [7, 11) is 1.32. The summed E-state index contributed by atoms with van der Waals surface area (Å²) >= 11 is 0. The fourth-order valence-corrected chi connectivity index (χ4v) is 1.15. The maximum Gasteiger partial charge on any atom is 0.277 e. The average molecular weight is 271 g/mol. The molecule has 102 valence electrons. The molecule has 0 radical (unpaired) electrons. The molecule has 0 atom stereocenters. The third-order valence-electron chi connectivity index (χ3n) is 1.93. The number of nitro groups is 2. The predicted molar refractivity (Wildman–Crippen MR) is 60.2 cm³/mol. The molecule has 1 N–H and O–H groups in total. The van der Waals surface area contributed by atoms with E-state index in [9.17, 15) is 25.0 Å². The number of benzene rings is 1. The minimum atomic E-state index is -0.858. The third-order valence-corrected chi connectivity index (χ3v) is 1.93. The van der Waals surface area contributed by atoms with E-state index in [0.717, 1.165) is 18.2 Å². The van der Waals surface area contributed by atoms with Crippen LogP contribution < -0.4 is 5.48 Å². The van der Waals surface area contributed by atoms with Crippen LogP contribution in [-0.2, 0) is 9.57 Å². The zero-order chi connectivity index (χ0) is 14.4. The number of carbonyl (C=O) groups is 1. The Bertz CT molecular complexity index is 484. The van der Waals surface area contributed by atoms with Crippen molar-refractivity contribution in [2.45, 2.75) is 0 Å². The zero-order valence-electron chi connectivity index (χ0n) is 9.69. The molecule has 0 saturated carbocycles. The number of nitro benzene ring substituents is 2. The molecular weight excluding hydrogens is 262 g/mol. The van der Waals surface area contributed by atoms with Crippen LogP contribution in [-0.4, -0.2) is 29.7 Å². The van der Waals surface area contributed by atoms with E-state index >= 15 is 0 Å². The Labute approximate surface area is 106 Å². The molecule has 0 saturated heterocycles. The van der Waals surface area contributed by atoms with Gasteiger partial charge >= 0.3 is 0 Å². The smallest absolute Gasteiger partial charge is 0.277 e. The fourth-order valence-electron chi connectivity index (χ4n) is 1.15. The molecule has 0 fully saturated rings. The molecule has 1 amide bonds. The molecule has 10 heteroatoms. The number of non-ortho nitro benzene ring substituents is 2. The van der Waals surface area contributed by atoms with Crippen LogP contribution in [0.4, 0.5) is 11.4 Å². The summed E-state index contributed by atoms with van der Waals surface area (Å²) in [5.41, 5.74) is 0.529. The summed E-state index contributed by atoms with van der Waals surface area (Å²) in [5.74, 6) is -0.858. The maximum atomic E-state index is 11.5. The molecule has 0 aliphatic carbocycles. The minimum absolute atomic E-state index is 0.233. The van der Waals surface area contributed by atoms with Crippen LogP contribution in [0.2, 0.25) is 0 Å². The van der Waals surface area contributed by atoms with Crippen molar-refractivity contribution in [3.63, 3.8) is 0 Å². The highest BCUT2D eigenvalue weighted by Crippen LogP contribution is 2.22. The topological polar surface area (TPSA) is 134 Å². The van der Waals surface area contributed by atoms with Crippen LogP contribution in [0.15, 0.2) is 18.2 Å². The number of hydrogen-bond donors (Lipinski definition) is 1.